The molecule has 0 aliphatic rings. The van der Waals surface area contributed by atoms with Gasteiger partial charge in [-0.05, 0) is 25.1 Å². The Kier molecular flexibility index (Phi) is 3.81. The molecule has 18 heavy (non-hydrogen) atoms. The van der Waals surface area contributed by atoms with Crippen LogP contribution in [0, 0.1) is 0 Å². The van der Waals surface area contributed by atoms with Crippen LogP contribution in [-0.4, -0.2) is 17.7 Å². The second kappa shape index (κ2) is 5.35. The molecule has 1 heterocycles. The summed E-state index contributed by atoms with van der Waals surface area (Å²) in [5.74, 6) is 0.325. The number of fused-ring (bicyclic) bond motifs is 1. The van der Waals surface area contributed by atoms with Gasteiger partial charge in [0.15, 0.2) is 5.78 Å². The van der Waals surface area contributed by atoms with Crippen molar-refractivity contribution in [3.05, 3.63) is 40.2 Å². The number of benzene rings is 1. The van der Waals surface area contributed by atoms with Crippen LogP contribution < -0.4 is 10.4 Å². The Labute approximate surface area is 112 Å². The number of ketones is 1. The average molecular weight is 311 g/mol. The first-order valence-electron chi connectivity index (χ1n) is 5.39. The predicted octanol–water partition coefficient (Wildman–Crippen LogP) is 2.77. The van der Waals surface area contributed by atoms with E-state index in [2.05, 4.69) is 15.9 Å². The standard InChI is InChI=1S/C13H11BrO4/c1-8(15)11-6-9-2-3-10(17-5-4-14)7-12(9)18-13(11)16/h2-3,6-7H,4-5H2,1H3. The quantitative estimate of drug-likeness (QED) is 0.495. The fourth-order valence-corrected chi connectivity index (χ4v) is 1.75. The van der Waals surface area contributed by atoms with Gasteiger partial charge in [0.2, 0.25) is 0 Å². The van der Waals surface area contributed by atoms with Crippen LogP contribution >= 0.6 is 15.9 Å². The predicted molar refractivity (Wildman–Crippen MR) is 71.8 cm³/mol. The minimum atomic E-state index is -0.618. The lowest BCUT2D eigenvalue weighted by Gasteiger charge is -2.05. The molecule has 0 bridgehead atoms. The van der Waals surface area contributed by atoms with Crippen LogP contribution in [0.15, 0.2) is 33.5 Å². The Morgan fingerprint density at radius 3 is 2.83 bits per heavy atom. The lowest BCUT2D eigenvalue weighted by atomic mass is 10.1. The second-order valence-corrected chi connectivity index (χ2v) is 4.53. The molecule has 0 N–H and O–H groups in total. The van der Waals surface area contributed by atoms with E-state index in [0.717, 1.165) is 5.33 Å². The van der Waals surface area contributed by atoms with Gasteiger partial charge in [-0.25, -0.2) is 4.79 Å². The number of Topliss-reactive ketones (excluding diaryl/α,β-unsaturated/α-hetero) is 1. The van der Waals surface area contributed by atoms with Gasteiger partial charge in [0, 0.05) is 16.8 Å². The van der Waals surface area contributed by atoms with E-state index >= 15 is 0 Å². The van der Waals surface area contributed by atoms with Crippen molar-refractivity contribution in [2.75, 3.05) is 11.9 Å². The third kappa shape index (κ3) is 2.61. The van der Waals surface area contributed by atoms with E-state index in [1.165, 1.54) is 13.0 Å². The third-order valence-corrected chi connectivity index (χ3v) is 2.76. The first kappa shape index (κ1) is 12.8. The van der Waals surface area contributed by atoms with Gasteiger partial charge in [-0.2, -0.15) is 0 Å². The Morgan fingerprint density at radius 1 is 1.39 bits per heavy atom. The van der Waals surface area contributed by atoms with Crippen LogP contribution in [0.4, 0.5) is 0 Å². The fourth-order valence-electron chi connectivity index (χ4n) is 1.58. The number of rotatable bonds is 4. The fraction of sp³-hybridized carbons (Fsp3) is 0.231. The van der Waals surface area contributed by atoms with Crippen LogP contribution in [0.1, 0.15) is 17.3 Å². The summed E-state index contributed by atoms with van der Waals surface area (Å²) in [5.41, 5.74) is -0.138. The maximum absolute atomic E-state index is 11.6. The van der Waals surface area contributed by atoms with Crippen LogP contribution in [-0.2, 0) is 0 Å². The summed E-state index contributed by atoms with van der Waals surface area (Å²) in [4.78, 5) is 22.8. The molecule has 94 valence electrons. The zero-order valence-corrected chi connectivity index (χ0v) is 11.3. The Bertz CT molecular complexity index is 645. The molecule has 2 aromatic rings. The molecule has 0 unspecified atom stereocenters. The summed E-state index contributed by atoms with van der Waals surface area (Å²) in [6.07, 6.45) is 0. The summed E-state index contributed by atoms with van der Waals surface area (Å²) < 4.78 is 10.5. The maximum Gasteiger partial charge on any atom is 0.347 e. The third-order valence-electron chi connectivity index (χ3n) is 2.43. The molecule has 1 aromatic carbocycles. The molecule has 0 amide bonds. The first-order chi connectivity index (χ1) is 8.61. The maximum atomic E-state index is 11.6. The summed E-state index contributed by atoms with van der Waals surface area (Å²) in [5, 5.41) is 1.42. The van der Waals surface area contributed by atoms with Gasteiger partial charge in [-0.15, -0.1) is 0 Å². The van der Waals surface area contributed by atoms with E-state index in [4.69, 9.17) is 9.15 Å². The van der Waals surface area contributed by atoms with E-state index in [1.807, 2.05) is 0 Å². The molecule has 0 radical (unpaired) electrons. The van der Waals surface area contributed by atoms with Crippen LogP contribution in [0.5, 0.6) is 5.75 Å². The van der Waals surface area contributed by atoms with Crippen molar-refractivity contribution in [2.45, 2.75) is 6.92 Å². The molecule has 0 saturated carbocycles. The van der Waals surface area contributed by atoms with Crippen molar-refractivity contribution in [3.8, 4) is 5.75 Å². The number of ether oxygens (including phenoxy) is 1. The van der Waals surface area contributed by atoms with Gasteiger partial charge >= 0.3 is 5.63 Å². The molecule has 0 atom stereocenters. The highest BCUT2D eigenvalue weighted by molar-refractivity contribution is 9.09. The Balaban J connectivity index is 2.49. The highest BCUT2D eigenvalue weighted by Crippen LogP contribution is 2.20. The van der Waals surface area contributed by atoms with Gasteiger partial charge in [0.1, 0.15) is 16.9 Å². The van der Waals surface area contributed by atoms with Gasteiger partial charge in [-0.3, -0.25) is 4.79 Å². The first-order valence-corrected chi connectivity index (χ1v) is 6.51. The van der Waals surface area contributed by atoms with Crippen LogP contribution in [0.25, 0.3) is 11.0 Å². The molecule has 0 fully saturated rings. The molecule has 0 spiro atoms. The Hall–Kier alpha value is -1.62. The van der Waals surface area contributed by atoms with Gasteiger partial charge in [0.05, 0.1) is 6.61 Å². The zero-order chi connectivity index (χ0) is 13.1. The topological polar surface area (TPSA) is 56.5 Å². The van der Waals surface area contributed by atoms with E-state index in [0.29, 0.717) is 23.3 Å². The van der Waals surface area contributed by atoms with Crippen molar-refractivity contribution >= 4 is 32.7 Å². The number of carbonyl (C=O) groups excluding carboxylic acids is 1. The van der Waals surface area contributed by atoms with Crippen LogP contribution in [0.3, 0.4) is 0 Å². The molecule has 2 rings (SSSR count). The molecule has 0 aliphatic carbocycles. The molecular formula is C13H11BrO4. The molecule has 1 aromatic heterocycles. The second-order valence-electron chi connectivity index (χ2n) is 3.74. The van der Waals surface area contributed by atoms with E-state index < -0.39 is 5.63 Å². The minimum absolute atomic E-state index is 0.0663. The lowest BCUT2D eigenvalue weighted by molar-refractivity contribution is 0.101. The van der Waals surface area contributed by atoms with Gasteiger partial charge in [0.25, 0.3) is 0 Å². The molecule has 0 aliphatic heterocycles. The summed E-state index contributed by atoms with van der Waals surface area (Å²) >= 11 is 3.26. The SMILES string of the molecule is CC(=O)c1cc2ccc(OCCBr)cc2oc1=O. The molecular weight excluding hydrogens is 300 g/mol. The highest BCUT2D eigenvalue weighted by atomic mass is 79.9. The van der Waals surface area contributed by atoms with E-state index in [1.54, 1.807) is 18.2 Å². The number of hydrogen-bond acceptors (Lipinski definition) is 4. The average Bonchev–Trinajstić information content (AvgIpc) is 2.34. The minimum Gasteiger partial charge on any atom is -0.493 e. The lowest BCUT2D eigenvalue weighted by Crippen LogP contribution is -2.11. The summed E-state index contributed by atoms with van der Waals surface area (Å²) in [7, 11) is 0. The summed E-state index contributed by atoms with van der Waals surface area (Å²) in [6.45, 7) is 1.87. The molecule has 0 saturated heterocycles. The van der Waals surface area contributed by atoms with Crippen LogP contribution in [0.2, 0.25) is 0 Å². The highest BCUT2D eigenvalue weighted by Gasteiger charge is 2.09. The monoisotopic (exact) mass is 310 g/mol. The van der Waals surface area contributed by atoms with Crippen molar-refractivity contribution < 1.29 is 13.9 Å². The normalized spacial score (nSPS) is 10.6. The molecule has 5 heteroatoms. The molecule has 4 nitrogen and oxygen atoms in total. The van der Waals surface area contributed by atoms with Crippen molar-refractivity contribution in [1.82, 2.24) is 0 Å². The van der Waals surface area contributed by atoms with Gasteiger partial charge in [-0.1, -0.05) is 15.9 Å². The van der Waals surface area contributed by atoms with E-state index in [-0.39, 0.29) is 11.3 Å². The zero-order valence-electron chi connectivity index (χ0n) is 9.73. The van der Waals surface area contributed by atoms with Crippen molar-refractivity contribution in [2.24, 2.45) is 0 Å². The Morgan fingerprint density at radius 2 is 2.17 bits per heavy atom. The van der Waals surface area contributed by atoms with Crippen molar-refractivity contribution in [3.63, 3.8) is 0 Å². The van der Waals surface area contributed by atoms with E-state index in [9.17, 15) is 9.59 Å². The number of alkyl halides is 1. The smallest absolute Gasteiger partial charge is 0.347 e. The number of hydrogen-bond donors (Lipinski definition) is 0. The number of halogens is 1. The van der Waals surface area contributed by atoms with Gasteiger partial charge < -0.3 is 9.15 Å². The summed E-state index contributed by atoms with van der Waals surface area (Å²) in [6, 6.07) is 6.71. The number of carbonyl (C=O) groups is 1. The largest absolute Gasteiger partial charge is 0.493 e. The van der Waals surface area contributed by atoms with Crippen molar-refractivity contribution in [1.29, 1.82) is 0 Å².